The van der Waals surface area contributed by atoms with Crippen molar-refractivity contribution in [3.05, 3.63) is 70.8 Å². The van der Waals surface area contributed by atoms with Gasteiger partial charge in [0, 0.05) is 17.8 Å². The number of non-ortho nitro benzene ring substituents is 1. The molecular formula is C16H11N2O5S-. The number of nitrogens with one attached hydrogen (secondary N) is 1. The molecule has 3 rings (SSSR count). The van der Waals surface area contributed by atoms with Gasteiger partial charge in [0.2, 0.25) is 0 Å². The smallest absolute Gasteiger partial charge is 0.271 e. The first-order valence-electron chi connectivity index (χ1n) is 6.84. The maximum absolute atomic E-state index is 12.5. The van der Waals surface area contributed by atoms with Crippen LogP contribution >= 0.6 is 0 Å². The molecule has 0 unspecified atom stereocenters. The van der Waals surface area contributed by atoms with Crippen LogP contribution in [0.25, 0.3) is 10.8 Å². The van der Waals surface area contributed by atoms with Crippen molar-refractivity contribution in [1.29, 1.82) is 0 Å². The Morgan fingerprint density at radius 1 is 0.917 bits per heavy atom. The van der Waals surface area contributed by atoms with Gasteiger partial charge in [-0.15, -0.1) is 0 Å². The van der Waals surface area contributed by atoms with Gasteiger partial charge < -0.3 is 5.11 Å². The van der Waals surface area contributed by atoms with Crippen molar-refractivity contribution in [2.75, 3.05) is 4.72 Å². The zero-order valence-electron chi connectivity index (χ0n) is 12.2. The maximum Gasteiger partial charge on any atom is 0.271 e. The predicted octanol–water partition coefficient (Wildman–Crippen LogP) is 2.62. The number of fused-ring (bicyclic) bond motifs is 1. The van der Waals surface area contributed by atoms with Crippen molar-refractivity contribution in [2.45, 2.75) is 4.90 Å². The van der Waals surface area contributed by atoms with Gasteiger partial charge in [-0.05, 0) is 22.9 Å². The van der Waals surface area contributed by atoms with Crippen LogP contribution in [-0.4, -0.2) is 13.3 Å². The molecular weight excluding hydrogens is 332 g/mol. The van der Waals surface area contributed by atoms with E-state index in [-0.39, 0.29) is 16.3 Å². The van der Waals surface area contributed by atoms with E-state index in [2.05, 4.69) is 4.72 Å². The van der Waals surface area contributed by atoms with Gasteiger partial charge in [-0.25, -0.2) is 8.42 Å². The molecule has 0 fully saturated rings. The number of rotatable bonds is 4. The van der Waals surface area contributed by atoms with Crippen molar-refractivity contribution in [1.82, 2.24) is 0 Å². The fourth-order valence-electron chi connectivity index (χ4n) is 2.25. The molecule has 0 aliphatic heterocycles. The zero-order valence-corrected chi connectivity index (χ0v) is 13.0. The maximum atomic E-state index is 12.5. The third kappa shape index (κ3) is 2.99. The number of hydrogen-bond acceptors (Lipinski definition) is 5. The van der Waals surface area contributed by atoms with Gasteiger partial charge in [-0.3, -0.25) is 14.8 Å². The standard InChI is InChI=1S/C16H12N2O5S/c19-16-8-6-13(18(20)21)10-15(16)17-24(22,23)14-7-5-11-3-1-2-4-12(11)9-14/h1-10,17,19H/p-1. The first-order valence-corrected chi connectivity index (χ1v) is 8.32. The van der Waals surface area contributed by atoms with Crippen LogP contribution in [0.1, 0.15) is 0 Å². The van der Waals surface area contributed by atoms with Gasteiger partial charge in [0.25, 0.3) is 15.7 Å². The molecule has 7 nitrogen and oxygen atoms in total. The number of sulfonamides is 1. The molecule has 0 saturated heterocycles. The van der Waals surface area contributed by atoms with Crippen LogP contribution in [0.3, 0.4) is 0 Å². The Morgan fingerprint density at radius 2 is 1.62 bits per heavy atom. The van der Waals surface area contributed by atoms with E-state index in [0.29, 0.717) is 0 Å². The second-order valence-electron chi connectivity index (χ2n) is 5.05. The third-order valence-corrected chi connectivity index (χ3v) is 4.81. The molecule has 0 spiro atoms. The molecule has 24 heavy (non-hydrogen) atoms. The van der Waals surface area contributed by atoms with Gasteiger partial charge in [0.1, 0.15) is 0 Å². The number of anilines is 1. The second-order valence-corrected chi connectivity index (χ2v) is 6.73. The molecule has 0 aromatic heterocycles. The number of hydrogen-bond donors (Lipinski definition) is 1. The lowest BCUT2D eigenvalue weighted by atomic mass is 10.1. The van der Waals surface area contributed by atoms with Crippen LogP contribution in [0, 0.1) is 10.1 Å². The summed E-state index contributed by atoms with van der Waals surface area (Å²) >= 11 is 0. The topological polar surface area (TPSA) is 112 Å². The van der Waals surface area contributed by atoms with Crippen LogP contribution in [0.15, 0.2) is 65.6 Å². The second kappa shape index (κ2) is 5.82. The molecule has 0 radical (unpaired) electrons. The summed E-state index contributed by atoms with van der Waals surface area (Å²) in [5, 5.41) is 24.1. The first-order chi connectivity index (χ1) is 11.4. The highest BCUT2D eigenvalue weighted by atomic mass is 32.2. The summed E-state index contributed by atoms with van der Waals surface area (Å²) in [4.78, 5) is 10.0. The van der Waals surface area contributed by atoms with E-state index < -0.39 is 20.7 Å². The SMILES string of the molecule is O=[N+]([O-])c1ccc([O-])c(NS(=O)(=O)c2ccc3ccccc3c2)c1. The minimum Gasteiger partial charge on any atom is -0.871 e. The molecule has 0 heterocycles. The van der Waals surface area contributed by atoms with Crippen molar-refractivity contribution in [3.63, 3.8) is 0 Å². The Morgan fingerprint density at radius 3 is 2.33 bits per heavy atom. The van der Waals surface area contributed by atoms with E-state index in [4.69, 9.17) is 0 Å². The molecule has 0 amide bonds. The Kier molecular flexibility index (Phi) is 3.82. The molecule has 1 N–H and O–H groups in total. The Labute approximate surface area is 137 Å². The van der Waals surface area contributed by atoms with Crippen LogP contribution in [0.2, 0.25) is 0 Å². The predicted molar refractivity (Wildman–Crippen MR) is 87.3 cm³/mol. The summed E-state index contributed by atoms with van der Waals surface area (Å²) in [5.41, 5.74) is -0.733. The molecule has 3 aromatic rings. The van der Waals surface area contributed by atoms with Crippen LogP contribution in [0.5, 0.6) is 5.75 Å². The highest BCUT2D eigenvalue weighted by Gasteiger charge is 2.17. The quantitative estimate of drug-likeness (QED) is 0.578. The van der Waals surface area contributed by atoms with Crippen molar-refractivity contribution in [2.24, 2.45) is 0 Å². The van der Waals surface area contributed by atoms with Gasteiger partial charge in [0.15, 0.2) is 0 Å². The molecule has 122 valence electrons. The number of nitro benzene ring substituents is 1. The van der Waals surface area contributed by atoms with Crippen molar-refractivity contribution in [3.8, 4) is 5.75 Å². The molecule has 0 saturated carbocycles. The first kappa shape index (κ1) is 15.8. The number of nitrogens with zero attached hydrogens (tertiary/aromatic N) is 1. The van der Waals surface area contributed by atoms with Gasteiger partial charge in [-0.2, -0.15) is 0 Å². The zero-order chi connectivity index (χ0) is 17.3. The Hall–Kier alpha value is -3.13. The van der Waals surface area contributed by atoms with E-state index in [1.54, 1.807) is 18.2 Å². The summed E-state index contributed by atoms with van der Waals surface area (Å²) in [6.45, 7) is 0. The highest BCUT2D eigenvalue weighted by molar-refractivity contribution is 7.92. The fourth-order valence-corrected chi connectivity index (χ4v) is 3.35. The fraction of sp³-hybridized carbons (Fsp3) is 0. The molecule has 8 heteroatoms. The lowest BCUT2D eigenvalue weighted by Crippen LogP contribution is -2.14. The number of benzene rings is 3. The average Bonchev–Trinajstić information content (AvgIpc) is 2.56. The minimum absolute atomic E-state index is 0.0351. The monoisotopic (exact) mass is 343 g/mol. The molecule has 3 aromatic carbocycles. The summed E-state index contributed by atoms with van der Waals surface area (Å²) in [7, 11) is -4.04. The summed E-state index contributed by atoms with van der Waals surface area (Å²) in [5.74, 6) is -0.648. The van der Waals surface area contributed by atoms with E-state index in [1.165, 1.54) is 12.1 Å². The van der Waals surface area contributed by atoms with Gasteiger partial charge >= 0.3 is 0 Å². The number of nitro groups is 1. The largest absolute Gasteiger partial charge is 0.871 e. The third-order valence-electron chi connectivity index (χ3n) is 3.45. The average molecular weight is 343 g/mol. The Balaban J connectivity index is 2.01. The van der Waals surface area contributed by atoms with Crippen molar-refractivity contribution >= 4 is 32.2 Å². The van der Waals surface area contributed by atoms with E-state index >= 15 is 0 Å². The van der Waals surface area contributed by atoms with Gasteiger partial charge in [0.05, 0.1) is 9.82 Å². The van der Waals surface area contributed by atoms with Crippen molar-refractivity contribution < 1.29 is 18.4 Å². The summed E-state index contributed by atoms with van der Waals surface area (Å²) in [6, 6.07) is 14.6. The molecule has 0 atom stereocenters. The highest BCUT2D eigenvalue weighted by Crippen LogP contribution is 2.28. The minimum atomic E-state index is -4.04. The lowest BCUT2D eigenvalue weighted by molar-refractivity contribution is -0.385. The van der Waals surface area contributed by atoms with Crippen LogP contribution < -0.4 is 9.83 Å². The van der Waals surface area contributed by atoms with E-state index in [0.717, 1.165) is 29.0 Å². The molecule has 0 aliphatic rings. The Bertz CT molecular complexity index is 1050. The van der Waals surface area contributed by atoms with E-state index in [1.807, 2.05) is 12.1 Å². The normalized spacial score (nSPS) is 11.3. The lowest BCUT2D eigenvalue weighted by Gasteiger charge is -2.15. The summed E-state index contributed by atoms with van der Waals surface area (Å²) in [6.07, 6.45) is 0. The summed E-state index contributed by atoms with van der Waals surface area (Å²) < 4.78 is 27.0. The molecule has 0 aliphatic carbocycles. The van der Waals surface area contributed by atoms with Crippen LogP contribution in [0.4, 0.5) is 11.4 Å². The van der Waals surface area contributed by atoms with E-state index in [9.17, 15) is 23.6 Å². The van der Waals surface area contributed by atoms with Gasteiger partial charge in [-0.1, -0.05) is 42.1 Å². The molecule has 0 bridgehead atoms. The van der Waals surface area contributed by atoms with Crippen LogP contribution in [-0.2, 0) is 10.0 Å².